The van der Waals surface area contributed by atoms with Gasteiger partial charge in [-0.15, -0.1) is 0 Å². The van der Waals surface area contributed by atoms with Gasteiger partial charge in [0.1, 0.15) is 6.33 Å². The molecule has 5 heteroatoms. The van der Waals surface area contributed by atoms with Crippen LogP contribution in [0.2, 0.25) is 0 Å². The first kappa shape index (κ1) is 16.2. The summed E-state index contributed by atoms with van der Waals surface area (Å²) in [5.74, 6) is 0. The van der Waals surface area contributed by atoms with E-state index in [1.807, 2.05) is 11.8 Å². The first-order chi connectivity index (χ1) is 9.90. The first-order valence-electron chi connectivity index (χ1n) is 8.01. The number of aromatic nitrogens is 2. The van der Waals surface area contributed by atoms with Gasteiger partial charge in [-0.3, -0.25) is 0 Å². The molecule has 2 atom stereocenters. The summed E-state index contributed by atoms with van der Waals surface area (Å²) in [6, 6.07) is 0.614. The van der Waals surface area contributed by atoms with Crippen LogP contribution in [0.15, 0.2) is 10.7 Å². The largest absolute Gasteiger partial charge is 0.316 e. The van der Waals surface area contributed by atoms with Crippen LogP contribution in [0.1, 0.15) is 64.2 Å². The van der Waals surface area contributed by atoms with E-state index in [0.717, 1.165) is 4.34 Å². The first-order valence-corrected chi connectivity index (χ1v) is 9.66. The van der Waals surface area contributed by atoms with Crippen LogP contribution in [-0.4, -0.2) is 27.7 Å². The van der Waals surface area contributed by atoms with Crippen molar-refractivity contribution in [2.24, 2.45) is 0 Å². The number of hydrogen-bond donors (Lipinski definition) is 1. The van der Waals surface area contributed by atoms with E-state index in [2.05, 4.69) is 21.7 Å². The molecule has 0 aromatic carbocycles. The molecule has 0 amide bonds. The van der Waals surface area contributed by atoms with Gasteiger partial charge in [-0.05, 0) is 31.4 Å². The van der Waals surface area contributed by atoms with Gasteiger partial charge in [-0.1, -0.05) is 63.1 Å². The molecule has 0 aliphatic heterocycles. The fraction of sp³-hybridized carbons (Fsp3) is 0.867. The quantitative estimate of drug-likeness (QED) is 0.891. The third-order valence-corrected chi connectivity index (χ3v) is 6.31. The molecule has 1 saturated carbocycles. The van der Waals surface area contributed by atoms with Crippen molar-refractivity contribution in [3.8, 4) is 0 Å². The van der Waals surface area contributed by atoms with Gasteiger partial charge in [0.05, 0.1) is 0 Å². The van der Waals surface area contributed by atoms with Crippen molar-refractivity contribution in [2.45, 2.75) is 79.8 Å². The van der Waals surface area contributed by atoms with E-state index in [-0.39, 0.29) is 0 Å². The van der Waals surface area contributed by atoms with E-state index in [9.17, 15) is 0 Å². The second kappa shape index (κ2) is 9.74. The van der Waals surface area contributed by atoms with Crippen molar-refractivity contribution in [3.05, 3.63) is 6.33 Å². The maximum atomic E-state index is 4.35. The number of nitrogens with zero attached hydrogens (tertiary/aromatic N) is 2. The summed E-state index contributed by atoms with van der Waals surface area (Å²) >= 11 is 3.47. The smallest absolute Gasteiger partial charge is 0.170 e. The Morgan fingerprint density at radius 2 is 1.70 bits per heavy atom. The van der Waals surface area contributed by atoms with Gasteiger partial charge in [0.25, 0.3) is 0 Å². The molecule has 2 unspecified atom stereocenters. The van der Waals surface area contributed by atoms with Crippen LogP contribution >= 0.6 is 23.3 Å². The van der Waals surface area contributed by atoms with E-state index in [1.165, 1.54) is 75.7 Å². The van der Waals surface area contributed by atoms with Crippen LogP contribution in [0, 0.1) is 0 Å². The predicted octanol–water partition coefficient (Wildman–Crippen LogP) is 4.50. The fourth-order valence-corrected chi connectivity index (χ4v) is 5.01. The number of nitrogens with one attached hydrogen (secondary N) is 1. The molecule has 0 saturated heterocycles. The maximum absolute atomic E-state index is 4.35. The topological polar surface area (TPSA) is 37.8 Å². The molecule has 0 bridgehead atoms. The normalized spacial score (nSPS) is 26.6. The van der Waals surface area contributed by atoms with Gasteiger partial charge in [0.2, 0.25) is 0 Å². The van der Waals surface area contributed by atoms with E-state index < -0.39 is 0 Å². The van der Waals surface area contributed by atoms with Gasteiger partial charge in [0.15, 0.2) is 4.34 Å². The summed E-state index contributed by atoms with van der Waals surface area (Å²) < 4.78 is 5.26. The Labute approximate surface area is 131 Å². The van der Waals surface area contributed by atoms with Crippen LogP contribution in [0.4, 0.5) is 0 Å². The van der Waals surface area contributed by atoms with E-state index >= 15 is 0 Å². The zero-order valence-electron chi connectivity index (χ0n) is 12.5. The SMILES string of the molecule is CNC1CCCCCCCCCCC1Sc1ncns1. The van der Waals surface area contributed by atoms with Gasteiger partial charge in [-0.2, -0.15) is 4.37 Å². The van der Waals surface area contributed by atoms with Crippen LogP contribution < -0.4 is 5.32 Å². The molecule has 0 radical (unpaired) electrons. The van der Waals surface area contributed by atoms with E-state index in [0.29, 0.717) is 11.3 Å². The van der Waals surface area contributed by atoms with Gasteiger partial charge in [-0.25, -0.2) is 4.98 Å². The summed E-state index contributed by atoms with van der Waals surface area (Å²) in [6.07, 6.45) is 15.5. The lowest BCUT2D eigenvalue weighted by atomic mass is 9.97. The number of hydrogen-bond acceptors (Lipinski definition) is 5. The molecule has 2 rings (SSSR count). The monoisotopic (exact) mass is 313 g/mol. The van der Waals surface area contributed by atoms with Crippen molar-refractivity contribution < 1.29 is 0 Å². The molecule has 1 aromatic heterocycles. The van der Waals surface area contributed by atoms with Crippen LogP contribution in [0.3, 0.4) is 0 Å². The average molecular weight is 314 g/mol. The highest BCUT2D eigenvalue weighted by atomic mass is 32.2. The molecule has 20 heavy (non-hydrogen) atoms. The minimum Gasteiger partial charge on any atom is -0.316 e. The number of thioether (sulfide) groups is 1. The molecule has 1 aromatic rings. The predicted molar refractivity (Wildman–Crippen MR) is 88.6 cm³/mol. The Morgan fingerprint density at radius 1 is 1.05 bits per heavy atom. The second-order valence-corrected chi connectivity index (χ2v) is 7.93. The van der Waals surface area contributed by atoms with Crippen molar-refractivity contribution >= 4 is 23.3 Å². The lowest BCUT2D eigenvalue weighted by Crippen LogP contribution is -2.35. The molecular weight excluding hydrogens is 286 g/mol. The second-order valence-electron chi connectivity index (χ2n) is 5.66. The summed E-state index contributed by atoms with van der Waals surface area (Å²) in [7, 11) is 2.12. The standard InChI is InChI=1S/C15H27N3S2/c1-16-13-10-8-6-4-2-3-5-7-9-11-14(13)19-15-17-12-18-20-15/h12-14,16H,2-11H2,1H3. The van der Waals surface area contributed by atoms with E-state index in [1.54, 1.807) is 6.33 Å². The highest BCUT2D eigenvalue weighted by Gasteiger charge is 2.22. The third kappa shape index (κ3) is 5.70. The van der Waals surface area contributed by atoms with Crippen LogP contribution in [-0.2, 0) is 0 Å². The highest BCUT2D eigenvalue weighted by molar-refractivity contribution is 8.01. The summed E-state index contributed by atoms with van der Waals surface area (Å²) in [5.41, 5.74) is 0. The Morgan fingerprint density at radius 3 is 2.30 bits per heavy atom. The molecule has 1 aliphatic rings. The van der Waals surface area contributed by atoms with Crippen molar-refractivity contribution in [1.29, 1.82) is 0 Å². The summed E-state index contributed by atoms with van der Waals surface area (Å²) in [4.78, 5) is 4.35. The molecule has 3 nitrogen and oxygen atoms in total. The summed E-state index contributed by atoms with van der Waals surface area (Å²) in [6.45, 7) is 0. The van der Waals surface area contributed by atoms with Crippen LogP contribution in [0.25, 0.3) is 0 Å². The minimum absolute atomic E-state index is 0.614. The zero-order valence-corrected chi connectivity index (χ0v) is 14.1. The van der Waals surface area contributed by atoms with Crippen LogP contribution in [0.5, 0.6) is 0 Å². The Bertz CT molecular complexity index is 343. The Kier molecular flexibility index (Phi) is 7.91. The van der Waals surface area contributed by atoms with E-state index in [4.69, 9.17) is 0 Å². The minimum atomic E-state index is 0.614. The molecule has 1 fully saturated rings. The average Bonchev–Trinajstić information content (AvgIpc) is 2.95. The lowest BCUT2D eigenvalue weighted by molar-refractivity contribution is 0.434. The molecule has 1 N–H and O–H groups in total. The molecule has 114 valence electrons. The van der Waals surface area contributed by atoms with Crippen molar-refractivity contribution in [2.75, 3.05) is 7.05 Å². The third-order valence-electron chi connectivity index (χ3n) is 4.17. The van der Waals surface area contributed by atoms with Gasteiger partial charge >= 0.3 is 0 Å². The fourth-order valence-electron chi connectivity index (χ4n) is 2.97. The van der Waals surface area contributed by atoms with Gasteiger partial charge < -0.3 is 5.32 Å². The molecule has 0 spiro atoms. The molecule has 1 heterocycles. The maximum Gasteiger partial charge on any atom is 0.170 e. The lowest BCUT2D eigenvalue weighted by Gasteiger charge is -2.26. The Balaban J connectivity index is 1.93. The van der Waals surface area contributed by atoms with Gasteiger partial charge in [0, 0.05) is 11.3 Å². The summed E-state index contributed by atoms with van der Waals surface area (Å²) in [5, 5.41) is 4.20. The molecular formula is C15H27N3S2. The molecule has 1 aliphatic carbocycles. The number of rotatable bonds is 3. The van der Waals surface area contributed by atoms with Crippen molar-refractivity contribution in [3.63, 3.8) is 0 Å². The van der Waals surface area contributed by atoms with Crippen molar-refractivity contribution in [1.82, 2.24) is 14.7 Å². The Hall–Kier alpha value is -0.130. The zero-order chi connectivity index (χ0) is 14.0. The highest BCUT2D eigenvalue weighted by Crippen LogP contribution is 2.31.